The van der Waals surface area contributed by atoms with Crippen LogP contribution in [0.15, 0.2) is 57.9 Å². The van der Waals surface area contributed by atoms with Gasteiger partial charge in [0, 0.05) is 21.3 Å². The highest BCUT2D eigenvalue weighted by molar-refractivity contribution is 9.10. The van der Waals surface area contributed by atoms with E-state index in [-0.39, 0.29) is 16.4 Å². The molecule has 2 aromatic rings. The van der Waals surface area contributed by atoms with E-state index in [0.29, 0.717) is 5.69 Å². The molecule has 0 atom stereocenters. The predicted octanol–water partition coefficient (Wildman–Crippen LogP) is 3.78. The highest BCUT2D eigenvalue weighted by Crippen LogP contribution is 2.17. The molecule has 0 saturated heterocycles. The zero-order chi connectivity index (χ0) is 18.0. The topological polar surface area (TPSA) is 75.3 Å². The summed E-state index contributed by atoms with van der Waals surface area (Å²) in [6.07, 6.45) is 0. The van der Waals surface area contributed by atoms with Crippen LogP contribution in [0.5, 0.6) is 0 Å². The van der Waals surface area contributed by atoms with Gasteiger partial charge in [0.15, 0.2) is 0 Å². The van der Waals surface area contributed by atoms with Gasteiger partial charge in [-0.25, -0.2) is 13.1 Å². The van der Waals surface area contributed by atoms with Crippen molar-refractivity contribution in [2.75, 3.05) is 5.32 Å². The van der Waals surface area contributed by atoms with E-state index in [1.54, 1.807) is 45.0 Å². The Bertz CT molecular complexity index is 841. The maximum Gasteiger partial charge on any atom is 0.255 e. The van der Waals surface area contributed by atoms with Crippen LogP contribution in [-0.2, 0) is 10.0 Å². The number of carbonyl (C=O) groups excluding carboxylic acids is 1. The summed E-state index contributed by atoms with van der Waals surface area (Å²) in [6, 6.07) is 13.1. The number of anilines is 1. The second-order valence-corrected chi connectivity index (χ2v) is 8.94. The molecule has 0 heterocycles. The number of carbonyl (C=O) groups is 1. The average Bonchev–Trinajstić information content (AvgIpc) is 2.47. The molecule has 2 rings (SSSR count). The third kappa shape index (κ3) is 5.15. The summed E-state index contributed by atoms with van der Waals surface area (Å²) in [7, 11) is -3.69. The summed E-state index contributed by atoms with van der Waals surface area (Å²) < 4.78 is 28.2. The third-order valence-electron chi connectivity index (χ3n) is 2.95. The first-order valence-corrected chi connectivity index (χ1v) is 9.55. The molecule has 0 aromatic heterocycles. The number of nitrogens with one attached hydrogen (secondary N) is 2. The van der Waals surface area contributed by atoms with Gasteiger partial charge in [-0.3, -0.25) is 4.79 Å². The van der Waals surface area contributed by atoms with E-state index in [9.17, 15) is 13.2 Å². The van der Waals surface area contributed by atoms with Gasteiger partial charge in [-0.1, -0.05) is 22.0 Å². The third-order valence-corrected chi connectivity index (χ3v) is 5.23. The number of rotatable bonds is 4. The number of hydrogen-bond acceptors (Lipinski definition) is 3. The minimum atomic E-state index is -3.69. The van der Waals surface area contributed by atoms with Gasteiger partial charge in [0.05, 0.1) is 4.90 Å². The van der Waals surface area contributed by atoms with E-state index in [0.717, 1.165) is 4.47 Å². The Labute approximate surface area is 150 Å². The second-order valence-electron chi connectivity index (χ2n) is 6.34. The zero-order valence-electron chi connectivity index (χ0n) is 13.6. The van der Waals surface area contributed by atoms with E-state index >= 15 is 0 Å². The van der Waals surface area contributed by atoms with E-state index < -0.39 is 15.6 Å². The van der Waals surface area contributed by atoms with Gasteiger partial charge in [-0.2, -0.15) is 0 Å². The minimum absolute atomic E-state index is 0.0564. The van der Waals surface area contributed by atoms with Crippen molar-refractivity contribution in [2.45, 2.75) is 31.2 Å². The van der Waals surface area contributed by atoms with Crippen LogP contribution >= 0.6 is 15.9 Å². The summed E-state index contributed by atoms with van der Waals surface area (Å²) in [5, 5.41) is 2.74. The van der Waals surface area contributed by atoms with Crippen molar-refractivity contribution in [3.05, 3.63) is 58.6 Å². The Morgan fingerprint density at radius 3 is 2.25 bits per heavy atom. The first kappa shape index (κ1) is 18.6. The maximum atomic E-state index is 12.4. The molecule has 5 nitrogen and oxygen atoms in total. The molecule has 7 heteroatoms. The SMILES string of the molecule is CC(C)(C)NS(=O)(=O)c1cccc(C(=O)Nc2ccc(Br)cc2)c1. The van der Waals surface area contributed by atoms with Gasteiger partial charge in [0.25, 0.3) is 5.91 Å². The summed E-state index contributed by atoms with van der Waals surface area (Å²) in [4.78, 5) is 12.4. The number of sulfonamides is 1. The Balaban J connectivity index is 2.23. The molecule has 128 valence electrons. The summed E-state index contributed by atoms with van der Waals surface area (Å²) >= 11 is 3.33. The second kappa shape index (κ2) is 7.04. The van der Waals surface area contributed by atoms with E-state index in [2.05, 4.69) is 26.0 Å². The smallest absolute Gasteiger partial charge is 0.255 e. The molecular formula is C17H19BrN2O3S. The summed E-state index contributed by atoms with van der Waals surface area (Å²) in [6.45, 7) is 5.28. The number of halogens is 1. The van der Waals surface area contributed by atoms with Crippen LogP contribution in [0.25, 0.3) is 0 Å². The molecule has 2 aromatic carbocycles. The molecule has 0 aliphatic rings. The monoisotopic (exact) mass is 410 g/mol. The lowest BCUT2D eigenvalue weighted by atomic mass is 10.1. The fraction of sp³-hybridized carbons (Fsp3) is 0.235. The molecule has 0 bridgehead atoms. The largest absolute Gasteiger partial charge is 0.322 e. The first-order chi connectivity index (χ1) is 11.1. The van der Waals surface area contributed by atoms with Crippen molar-refractivity contribution < 1.29 is 13.2 Å². The van der Waals surface area contributed by atoms with Crippen molar-refractivity contribution in [1.29, 1.82) is 0 Å². The lowest BCUT2D eigenvalue weighted by Crippen LogP contribution is -2.40. The van der Waals surface area contributed by atoms with Gasteiger partial charge in [-0.15, -0.1) is 0 Å². The van der Waals surface area contributed by atoms with E-state index in [4.69, 9.17) is 0 Å². The Morgan fingerprint density at radius 2 is 1.67 bits per heavy atom. The van der Waals surface area contributed by atoms with Crippen molar-refractivity contribution in [1.82, 2.24) is 4.72 Å². The highest BCUT2D eigenvalue weighted by Gasteiger charge is 2.22. The molecule has 0 radical (unpaired) electrons. The molecule has 1 amide bonds. The fourth-order valence-corrected chi connectivity index (χ4v) is 3.73. The van der Waals surface area contributed by atoms with Crippen LogP contribution < -0.4 is 10.0 Å². The van der Waals surface area contributed by atoms with E-state index in [1.807, 2.05) is 12.1 Å². The lowest BCUT2D eigenvalue weighted by Gasteiger charge is -2.20. The fourth-order valence-electron chi connectivity index (χ4n) is 2.00. The lowest BCUT2D eigenvalue weighted by molar-refractivity contribution is 0.102. The molecule has 2 N–H and O–H groups in total. The van der Waals surface area contributed by atoms with Gasteiger partial charge in [-0.05, 0) is 63.2 Å². The molecule has 24 heavy (non-hydrogen) atoms. The minimum Gasteiger partial charge on any atom is -0.322 e. The highest BCUT2D eigenvalue weighted by atomic mass is 79.9. The molecular weight excluding hydrogens is 392 g/mol. The van der Waals surface area contributed by atoms with Crippen molar-refractivity contribution >= 4 is 37.5 Å². The molecule has 0 fully saturated rings. The molecule has 0 spiro atoms. The zero-order valence-corrected chi connectivity index (χ0v) is 16.0. The van der Waals surface area contributed by atoms with Crippen LogP contribution in [0.4, 0.5) is 5.69 Å². The van der Waals surface area contributed by atoms with Crippen LogP contribution in [-0.4, -0.2) is 19.9 Å². The van der Waals surface area contributed by atoms with Crippen LogP contribution in [0.2, 0.25) is 0 Å². The van der Waals surface area contributed by atoms with Gasteiger partial charge < -0.3 is 5.32 Å². The molecule has 0 aliphatic carbocycles. The van der Waals surface area contributed by atoms with Gasteiger partial charge in [0.2, 0.25) is 10.0 Å². The summed E-state index contributed by atoms with van der Waals surface area (Å²) in [5.74, 6) is -0.370. The standard InChI is InChI=1S/C17H19BrN2O3S/c1-17(2,3)20-24(22,23)15-6-4-5-12(11-15)16(21)19-14-9-7-13(18)8-10-14/h4-11,20H,1-3H3,(H,19,21). The number of amides is 1. The van der Waals surface area contributed by atoms with Gasteiger partial charge in [0.1, 0.15) is 0 Å². The van der Waals surface area contributed by atoms with Crippen molar-refractivity contribution in [3.8, 4) is 0 Å². The predicted molar refractivity (Wildman–Crippen MR) is 98.6 cm³/mol. The summed E-state index contributed by atoms with van der Waals surface area (Å²) in [5.41, 5.74) is 0.299. The Morgan fingerprint density at radius 1 is 1.04 bits per heavy atom. The van der Waals surface area contributed by atoms with Gasteiger partial charge >= 0.3 is 0 Å². The Kier molecular flexibility index (Phi) is 5.47. The molecule has 0 aliphatic heterocycles. The maximum absolute atomic E-state index is 12.4. The van der Waals surface area contributed by atoms with Crippen LogP contribution in [0, 0.1) is 0 Å². The van der Waals surface area contributed by atoms with Crippen molar-refractivity contribution in [2.24, 2.45) is 0 Å². The van der Waals surface area contributed by atoms with Crippen LogP contribution in [0.3, 0.4) is 0 Å². The van der Waals surface area contributed by atoms with Crippen molar-refractivity contribution in [3.63, 3.8) is 0 Å². The van der Waals surface area contributed by atoms with Crippen LogP contribution in [0.1, 0.15) is 31.1 Å². The van der Waals surface area contributed by atoms with E-state index in [1.165, 1.54) is 12.1 Å². The number of hydrogen-bond donors (Lipinski definition) is 2. The quantitative estimate of drug-likeness (QED) is 0.804. The Hall–Kier alpha value is -1.70. The molecule has 0 unspecified atom stereocenters. The number of benzene rings is 2. The first-order valence-electron chi connectivity index (χ1n) is 7.28. The molecule has 0 saturated carbocycles. The normalized spacial score (nSPS) is 12.0. The average molecular weight is 411 g/mol.